The van der Waals surface area contributed by atoms with Gasteiger partial charge in [0.05, 0.1) is 18.3 Å². The molecule has 0 amide bonds. The Bertz CT molecular complexity index is 858. The van der Waals surface area contributed by atoms with Crippen LogP contribution in [0.3, 0.4) is 0 Å². The highest BCUT2D eigenvalue weighted by molar-refractivity contribution is 6.30. The van der Waals surface area contributed by atoms with Gasteiger partial charge < -0.3 is 15.2 Å². The smallest absolute Gasteiger partial charge is 0.162 e. The first kappa shape index (κ1) is 14.3. The fourth-order valence-electron chi connectivity index (χ4n) is 2.06. The molecule has 1 heterocycles. The highest BCUT2D eigenvalue weighted by atomic mass is 35.5. The predicted octanol–water partition coefficient (Wildman–Crippen LogP) is 3.88. The lowest BCUT2D eigenvalue weighted by Gasteiger charge is -2.11. The number of aromatic nitrogens is 2. The Hall–Kier alpha value is -2.60. The third-order valence-corrected chi connectivity index (χ3v) is 3.35. The van der Waals surface area contributed by atoms with Crippen LogP contribution in [0.5, 0.6) is 11.5 Å². The number of fused-ring (bicyclic) bond motifs is 1. The molecule has 2 aromatic carbocycles. The van der Waals surface area contributed by atoms with E-state index in [4.69, 9.17) is 16.3 Å². The predicted molar refractivity (Wildman–Crippen MR) is 82.4 cm³/mol. The third kappa shape index (κ3) is 2.60. The van der Waals surface area contributed by atoms with Crippen LogP contribution in [0.4, 0.5) is 15.9 Å². The van der Waals surface area contributed by atoms with Gasteiger partial charge >= 0.3 is 0 Å². The maximum atomic E-state index is 13.8. The van der Waals surface area contributed by atoms with E-state index in [0.29, 0.717) is 27.5 Å². The summed E-state index contributed by atoms with van der Waals surface area (Å²) >= 11 is 5.87. The molecule has 2 N–H and O–H groups in total. The van der Waals surface area contributed by atoms with Gasteiger partial charge in [-0.25, -0.2) is 14.4 Å². The Morgan fingerprint density at radius 2 is 2.05 bits per heavy atom. The number of benzene rings is 2. The molecule has 1 aromatic heterocycles. The van der Waals surface area contributed by atoms with Crippen LogP contribution >= 0.6 is 11.6 Å². The number of halogens is 2. The molecule has 0 spiro atoms. The average molecular weight is 320 g/mol. The van der Waals surface area contributed by atoms with E-state index in [9.17, 15) is 9.50 Å². The number of phenols is 1. The lowest BCUT2D eigenvalue weighted by molar-refractivity contribution is 0.374. The third-order valence-electron chi connectivity index (χ3n) is 3.12. The Morgan fingerprint density at radius 1 is 1.23 bits per heavy atom. The van der Waals surface area contributed by atoms with Gasteiger partial charge in [-0.3, -0.25) is 0 Å². The van der Waals surface area contributed by atoms with E-state index in [1.165, 1.54) is 37.7 Å². The minimum Gasteiger partial charge on any atom is -0.504 e. The van der Waals surface area contributed by atoms with Crippen molar-refractivity contribution < 1.29 is 14.2 Å². The SMILES string of the molecule is COc1cc2ncnc(Nc3cc(Cl)ccc3F)c2cc1O. The van der Waals surface area contributed by atoms with Gasteiger partial charge in [0.15, 0.2) is 11.5 Å². The number of nitrogens with zero attached hydrogens (tertiary/aromatic N) is 2. The van der Waals surface area contributed by atoms with E-state index in [0.717, 1.165) is 0 Å². The standard InChI is InChI=1S/C15H11ClFN3O2/c1-22-14-6-11-9(5-13(14)21)15(19-7-18-11)20-12-4-8(16)2-3-10(12)17/h2-7,21H,1H3,(H,18,19,20). The number of phenolic OH excluding ortho intramolecular Hbond substituents is 1. The molecule has 0 unspecified atom stereocenters. The van der Waals surface area contributed by atoms with Crippen LogP contribution < -0.4 is 10.1 Å². The zero-order valence-corrected chi connectivity index (χ0v) is 12.2. The largest absolute Gasteiger partial charge is 0.504 e. The molecular weight excluding hydrogens is 309 g/mol. The maximum Gasteiger partial charge on any atom is 0.162 e. The zero-order valence-electron chi connectivity index (χ0n) is 11.5. The Morgan fingerprint density at radius 3 is 2.82 bits per heavy atom. The summed E-state index contributed by atoms with van der Waals surface area (Å²) in [5.74, 6) is 0.128. The van der Waals surface area contributed by atoms with Crippen molar-refractivity contribution >= 4 is 34.0 Å². The van der Waals surface area contributed by atoms with Crippen molar-refractivity contribution in [3.8, 4) is 11.5 Å². The molecule has 0 fully saturated rings. The van der Waals surface area contributed by atoms with Crippen molar-refractivity contribution in [1.82, 2.24) is 9.97 Å². The summed E-state index contributed by atoms with van der Waals surface area (Å²) in [5.41, 5.74) is 0.734. The first-order valence-electron chi connectivity index (χ1n) is 6.32. The molecule has 0 bridgehead atoms. The fraction of sp³-hybridized carbons (Fsp3) is 0.0667. The van der Waals surface area contributed by atoms with Gasteiger partial charge in [-0.1, -0.05) is 11.6 Å². The van der Waals surface area contributed by atoms with Gasteiger partial charge in [-0.05, 0) is 24.3 Å². The number of aromatic hydroxyl groups is 1. The molecule has 112 valence electrons. The molecule has 0 atom stereocenters. The summed E-state index contributed by atoms with van der Waals surface area (Å²) in [6.07, 6.45) is 1.34. The summed E-state index contributed by atoms with van der Waals surface area (Å²) in [4.78, 5) is 8.20. The van der Waals surface area contributed by atoms with Gasteiger partial charge in [0, 0.05) is 16.5 Å². The maximum absolute atomic E-state index is 13.8. The van der Waals surface area contributed by atoms with Crippen molar-refractivity contribution in [1.29, 1.82) is 0 Å². The molecule has 7 heteroatoms. The summed E-state index contributed by atoms with van der Waals surface area (Å²) < 4.78 is 18.9. The van der Waals surface area contributed by atoms with Crippen molar-refractivity contribution in [3.63, 3.8) is 0 Å². The van der Waals surface area contributed by atoms with Crippen LogP contribution in [0.25, 0.3) is 10.9 Å². The number of rotatable bonds is 3. The average Bonchev–Trinajstić information content (AvgIpc) is 2.51. The monoisotopic (exact) mass is 319 g/mol. The lowest BCUT2D eigenvalue weighted by Crippen LogP contribution is -1.98. The van der Waals surface area contributed by atoms with E-state index in [1.807, 2.05) is 0 Å². The number of anilines is 2. The highest BCUT2D eigenvalue weighted by Gasteiger charge is 2.11. The number of methoxy groups -OCH3 is 1. The van der Waals surface area contributed by atoms with Gasteiger partial charge in [0.1, 0.15) is 18.0 Å². The fourth-order valence-corrected chi connectivity index (χ4v) is 2.23. The van der Waals surface area contributed by atoms with E-state index in [-0.39, 0.29) is 11.4 Å². The molecule has 0 saturated carbocycles. The van der Waals surface area contributed by atoms with Crippen LogP contribution in [-0.2, 0) is 0 Å². The number of hydrogen-bond acceptors (Lipinski definition) is 5. The molecule has 3 aromatic rings. The van der Waals surface area contributed by atoms with Crippen molar-refractivity contribution in [3.05, 3.63) is 47.5 Å². The van der Waals surface area contributed by atoms with Crippen molar-refractivity contribution in [2.75, 3.05) is 12.4 Å². The molecular formula is C15H11ClFN3O2. The van der Waals surface area contributed by atoms with Crippen molar-refractivity contribution in [2.24, 2.45) is 0 Å². The zero-order chi connectivity index (χ0) is 15.7. The quantitative estimate of drug-likeness (QED) is 0.767. The number of nitrogens with one attached hydrogen (secondary N) is 1. The molecule has 0 saturated heterocycles. The second kappa shape index (κ2) is 5.65. The molecule has 22 heavy (non-hydrogen) atoms. The normalized spacial score (nSPS) is 10.7. The lowest BCUT2D eigenvalue weighted by atomic mass is 10.2. The number of hydrogen-bond donors (Lipinski definition) is 2. The van der Waals surface area contributed by atoms with E-state index < -0.39 is 5.82 Å². The van der Waals surface area contributed by atoms with E-state index in [2.05, 4.69) is 15.3 Å². The number of ether oxygens (including phenoxy) is 1. The summed E-state index contributed by atoms with van der Waals surface area (Å²) in [6.45, 7) is 0. The van der Waals surface area contributed by atoms with E-state index in [1.54, 1.807) is 6.07 Å². The van der Waals surface area contributed by atoms with Gasteiger partial charge in [0.25, 0.3) is 0 Å². The minimum absolute atomic E-state index is 0.0561. The Balaban J connectivity index is 2.11. The van der Waals surface area contributed by atoms with Gasteiger partial charge in [-0.2, -0.15) is 0 Å². The second-order valence-electron chi connectivity index (χ2n) is 4.51. The van der Waals surface area contributed by atoms with Crippen LogP contribution in [-0.4, -0.2) is 22.2 Å². The highest BCUT2D eigenvalue weighted by Crippen LogP contribution is 2.34. The van der Waals surface area contributed by atoms with Gasteiger partial charge in [0.2, 0.25) is 0 Å². The van der Waals surface area contributed by atoms with Crippen LogP contribution in [0, 0.1) is 5.82 Å². The molecule has 3 rings (SSSR count). The molecule has 0 aliphatic heterocycles. The van der Waals surface area contributed by atoms with Crippen molar-refractivity contribution in [2.45, 2.75) is 0 Å². The molecule has 5 nitrogen and oxygen atoms in total. The molecule has 0 radical (unpaired) electrons. The minimum atomic E-state index is -0.464. The van der Waals surface area contributed by atoms with E-state index >= 15 is 0 Å². The summed E-state index contributed by atoms with van der Waals surface area (Å²) in [5, 5.41) is 13.7. The summed E-state index contributed by atoms with van der Waals surface area (Å²) in [7, 11) is 1.45. The first-order valence-corrected chi connectivity index (χ1v) is 6.70. The summed E-state index contributed by atoms with van der Waals surface area (Å²) in [6, 6.07) is 7.20. The second-order valence-corrected chi connectivity index (χ2v) is 4.95. The Kier molecular flexibility index (Phi) is 3.68. The van der Waals surface area contributed by atoms with Crippen LogP contribution in [0.2, 0.25) is 5.02 Å². The van der Waals surface area contributed by atoms with Crippen LogP contribution in [0.1, 0.15) is 0 Å². The topological polar surface area (TPSA) is 67.3 Å². The van der Waals surface area contributed by atoms with Crippen LogP contribution in [0.15, 0.2) is 36.7 Å². The molecule has 0 aliphatic carbocycles. The molecule has 0 aliphatic rings. The first-order chi connectivity index (χ1) is 10.6. The Labute approximate surface area is 130 Å². The van der Waals surface area contributed by atoms with Gasteiger partial charge in [-0.15, -0.1) is 0 Å².